The number of nitrogens with zero attached hydrogens (tertiary/aromatic N) is 1. The van der Waals surface area contributed by atoms with Crippen molar-refractivity contribution in [2.45, 2.75) is 13.0 Å². The normalized spacial score (nSPS) is 13.1. The number of carbonyl (C=O) groups excluding carboxylic acids is 1. The highest BCUT2D eigenvalue weighted by Crippen LogP contribution is 2.31. The van der Waals surface area contributed by atoms with Gasteiger partial charge in [-0.15, -0.1) is 11.3 Å². The predicted octanol–water partition coefficient (Wildman–Crippen LogP) is 2.55. The average Bonchev–Trinajstić information content (AvgIpc) is 2.56. The number of hydrogen-bond donors (Lipinski definition) is 1. The highest BCUT2D eigenvalue weighted by Gasteiger charge is 2.18. The van der Waals surface area contributed by atoms with Gasteiger partial charge in [-0.3, -0.25) is 9.69 Å². The van der Waals surface area contributed by atoms with Crippen LogP contribution in [-0.2, 0) is 0 Å². The summed E-state index contributed by atoms with van der Waals surface area (Å²) in [4.78, 5) is 13.6. The average molecular weight is 282 g/mol. The lowest BCUT2D eigenvalue weighted by Gasteiger charge is -2.21. The van der Waals surface area contributed by atoms with E-state index in [0.29, 0.717) is 14.2 Å². The molecule has 0 radical (unpaired) electrons. The first kappa shape index (κ1) is 13.9. The van der Waals surface area contributed by atoms with E-state index in [0.717, 1.165) is 0 Å². The molecule has 3 nitrogen and oxygen atoms in total. The largest absolute Gasteiger partial charge is 0.395 e. The molecular weight excluding hydrogens is 269 g/mol. The Kier molecular flexibility index (Phi) is 5.21. The lowest BCUT2D eigenvalue weighted by Crippen LogP contribution is -2.36. The van der Waals surface area contributed by atoms with Crippen LogP contribution in [0.25, 0.3) is 0 Å². The van der Waals surface area contributed by atoms with Gasteiger partial charge in [0.1, 0.15) is 4.34 Å². The predicted molar refractivity (Wildman–Crippen MR) is 67.8 cm³/mol. The number of aliphatic hydroxyl groups excluding tert-OH is 1. The number of carbonyl (C=O) groups is 1. The van der Waals surface area contributed by atoms with E-state index in [9.17, 15) is 4.79 Å². The quantitative estimate of drug-likeness (QED) is 0.844. The summed E-state index contributed by atoms with van der Waals surface area (Å²) in [6.07, 6.45) is 0. The highest BCUT2D eigenvalue weighted by atomic mass is 35.5. The van der Waals surface area contributed by atoms with E-state index < -0.39 is 0 Å². The Bertz CT molecular complexity index is 381. The number of likely N-dealkylation sites (N-methyl/N-ethyl adjacent to an activating group) is 1. The van der Waals surface area contributed by atoms with Crippen molar-refractivity contribution in [2.24, 2.45) is 0 Å². The fourth-order valence-corrected chi connectivity index (χ4v) is 2.64. The van der Waals surface area contributed by atoms with Crippen LogP contribution in [0.4, 0.5) is 0 Å². The molecule has 0 saturated heterocycles. The van der Waals surface area contributed by atoms with Gasteiger partial charge < -0.3 is 5.11 Å². The van der Waals surface area contributed by atoms with Gasteiger partial charge in [-0.25, -0.2) is 0 Å². The highest BCUT2D eigenvalue weighted by molar-refractivity contribution is 7.20. The first-order chi connectivity index (χ1) is 7.45. The molecule has 0 aliphatic heterocycles. The second-order valence-electron chi connectivity index (χ2n) is 3.61. The summed E-state index contributed by atoms with van der Waals surface area (Å²) in [5, 5.41) is 8.95. The molecule has 1 unspecified atom stereocenters. The third kappa shape index (κ3) is 3.43. The van der Waals surface area contributed by atoms with Crippen molar-refractivity contribution in [3.63, 3.8) is 0 Å². The second kappa shape index (κ2) is 5.98. The van der Waals surface area contributed by atoms with Crippen molar-refractivity contribution >= 4 is 40.3 Å². The number of ketones is 1. The first-order valence-electron chi connectivity index (χ1n) is 4.74. The summed E-state index contributed by atoms with van der Waals surface area (Å²) in [5.41, 5.74) is 0.452. The van der Waals surface area contributed by atoms with E-state index >= 15 is 0 Å². The summed E-state index contributed by atoms with van der Waals surface area (Å²) in [7, 11) is 1.78. The molecule has 1 N–H and O–H groups in total. The van der Waals surface area contributed by atoms with Gasteiger partial charge in [-0.05, 0) is 20.0 Å². The van der Waals surface area contributed by atoms with Crippen LogP contribution >= 0.6 is 34.5 Å². The van der Waals surface area contributed by atoms with Crippen LogP contribution in [0.5, 0.6) is 0 Å². The van der Waals surface area contributed by atoms with E-state index in [1.807, 2.05) is 6.92 Å². The fourth-order valence-electron chi connectivity index (χ4n) is 1.14. The molecule has 1 heterocycles. The molecule has 0 bridgehead atoms. The van der Waals surface area contributed by atoms with E-state index in [2.05, 4.69) is 0 Å². The third-order valence-corrected chi connectivity index (χ3v) is 3.85. The molecule has 16 heavy (non-hydrogen) atoms. The topological polar surface area (TPSA) is 40.5 Å². The Labute approximate surface area is 109 Å². The smallest absolute Gasteiger partial charge is 0.179 e. The lowest BCUT2D eigenvalue weighted by molar-refractivity contribution is 0.0891. The number of Topliss-reactive ketones (excluding diaryl/α,β-unsaturated/α-hetero) is 1. The van der Waals surface area contributed by atoms with Crippen molar-refractivity contribution < 1.29 is 9.90 Å². The molecule has 1 rings (SSSR count). The zero-order valence-corrected chi connectivity index (χ0v) is 11.4. The van der Waals surface area contributed by atoms with Gasteiger partial charge in [0.05, 0.1) is 23.1 Å². The molecule has 90 valence electrons. The molecule has 0 spiro atoms. The summed E-state index contributed by atoms with van der Waals surface area (Å²) in [5.74, 6) is -0.0871. The molecule has 1 atom stereocenters. The number of hydrogen-bond acceptors (Lipinski definition) is 4. The van der Waals surface area contributed by atoms with E-state index in [1.54, 1.807) is 18.0 Å². The van der Waals surface area contributed by atoms with Gasteiger partial charge >= 0.3 is 0 Å². The number of thiophene rings is 1. The van der Waals surface area contributed by atoms with Gasteiger partial charge in [0, 0.05) is 6.04 Å². The number of aliphatic hydroxyl groups is 1. The summed E-state index contributed by atoms with van der Waals surface area (Å²) in [6, 6.07) is 1.52. The van der Waals surface area contributed by atoms with Crippen molar-refractivity contribution in [2.75, 3.05) is 20.2 Å². The van der Waals surface area contributed by atoms with Crippen LogP contribution in [0.3, 0.4) is 0 Å². The van der Waals surface area contributed by atoms with Crippen LogP contribution in [0, 0.1) is 0 Å². The van der Waals surface area contributed by atoms with Crippen molar-refractivity contribution in [1.29, 1.82) is 0 Å². The minimum absolute atomic E-state index is 0.0158. The Balaban J connectivity index is 2.69. The van der Waals surface area contributed by atoms with Gasteiger partial charge in [-0.1, -0.05) is 23.2 Å². The Hall–Kier alpha value is -0.130. The summed E-state index contributed by atoms with van der Waals surface area (Å²) >= 11 is 12.8. The Morgan fingerprint density at radius 2 is 2.25 bits per heavy atom. The second-order valence-corrected chi connectivity index (χ2v) is 5.89. The number of halogens is 2. The zero-order valence-electron chi connectivity index (χ0n) is 9.04. The Morgan fingerprint density at radius 3 is 2.69 bits per heavy atom. The molecule has 0 aliphatic carbocycles. The van der Waals surface area contributed by atoms with Crippen LogP contribution in [0.15, 0.2) is 6.07 Å². The molecule has 0 saturated carbocycles. The van der Waals surface area contributed by atoms with Crippen molar-refractivity contribution in [3.05, 3.63) is 20.3 Å². The maximum Gasteiger partial charge on any atom is 0.179 e. The first-order valence-corrected chi connectivity index (χ1v) is 6.32. The standard InChI is InChI=1S/C10H13Cl2NO2S/c1-6(5-14)13(2)4-8(15)7-3-9(11)16-10(7)12/h3,6,14H,4-5H2,1-2H3. The molecule has 1 aromatic rings. The number of rotatable bonds is 5. The SMILES string of the molecule is CC(CO)N(C)CC(=O)c1cc(Cl)sc1Cl. The van der Waals surface area contributed by atoms with E-state index in [4.69, 9.17) is 28.3 Å². The molecule has 0 aliphatic rings. The summed E-state index contributed by atoms with van der Waals surface area (Å²) < 4.78 is 0.922. The van der Waals surface area contributed by atoms with Gasteiger partial charge in [0.15, 0.2) is 5.78 Å². The monoisotopic (exact) mass is 281 g/mol. The third-order valence-electron chi connectivity index (χ3n) is 2.37. The minimum atomic E-state index is -0.0871. The molecule has 0 fully saturated rings. The van der Waals surface area contributed by atoms with Crippen LogP contribution in [0.1, 0.15) is 17.3 Å². The summed E-state index contributed by atoms with van der Waals surface area (Å²) in [6.45, 7) is 2.08. The fraction of sp³-hybridized carbons (Fsp3) is 0.500. The zero-order chi connectivity index (χ0) is 12.3. The molecular formula is C10H13Cl2NO2S. The van der Waals surface area contributed by atoms with Gasteiger partial charge in [0.2, 0.25) is 0 Å². The molecule has 1 aromatic heterocycles. The maximum atomic E-state index is 11.8. The van der Waals surface area contributed by atoms with E-state index in [1.165, 1.54) is 11.3 Å². The Morgan fingerprint density at radius 1 is 1.62 bits per heavy atom. The van der Waals surface area contributed by atoms with Crippen LogP contribution in [0.2, 0.25) is 8.67 Å². The van der Waals surface area contributed by atoms with Gasteiger partial charge in [0.25, 0.3) is 0 Å². The van der Waals surface area contributed by atoms with Crippen molar-refractivity contribution in [1.82, 2.24) is 4.90 Å². The van der Waals surface area contributed by atoms with Gasteiger partial charge in [-0.2, -0.15) is 0 Å². The molecule has 0 amide bonds. The maximum absolute atomic E-state index is 11.8. The lowest BCUT2D eigenvalue weighted by atomic mass is 10.2. The molecule has 0 aromatic carbocycles. The van der Waals surface area contributed by atoms with Crippen LogP contribution < -0.4 is 0 Å². The van der Waals surface area contributed by atoms with Crippen molar-refractivity contribution in [3.8, 4) is 0 Å². The van der Waals surface area contributed by atoms with E-state index in [-0.39, 0.29) is 25.0 Å². The minimum Gasteiger partial charge on any atom is -0.395 e. The molecule has 6 heteroatoms. The van der Waals surface area contributed by atoms with Crippen LogP contribution in [-0.4, -0.2) is 42.0 Å².